The smallest absolute Gasteiger partial charge is 0.164 e. The summed E-state index contributed by atoms with van der Waals surface area (Å²) in [7, 11) is 0. The molecular formula is C37H47N3O4. The first kappa shape index (κ1) is 33.1. The van der Waals surface area contributed by atoms with Crippen LogP contribution in [-0.2, 0) is 0 Å². The van der Waals surface area contributed by atoms with Gasteiger partial charge in [-0.05, 0) is 92.6 Å². The first-order valence-corrected chi connectivity index (χ1v) is 15.8. The van der Waals surface area contributed by atoms with Crippen molar-refractivity contribution in [2.45, 2.75) is 79.4 Å². The van der Waals surface area contributed by atoms with Crippen LogP contribution in [0.15, 0.2) is 66.7 Å². The molecule has 1 aromatic heterocycles. The Morgan fingerprint density at radius 2 is 1.05 bits per heavy atom. The van der Waals surface area contributed by atoms with Crippen LogP contribution in [0.3, 0.4) is 0 Å². The summed E-state index contributed by atoms with van der Waals surface area (Å²) in [6.45, 7) is 13.0. The lowest BCUT2D eigenvalue weighted by atomic mass is 10.0. The number of hydrogen-bond donors (Lipinski definition) is 2. The van der Waals surface area contributed by atoms with Gasteiger partial charge in [0.1, 0.15) is 24.7 Å². The molecule has 0 saturated carbocycles. The van der Waals surface area contributed by atoms with Crippen molar-refractivity contribution in [2.24, 2.45) is 11.8 Å². The summed E-state index contributed by atoms with van der Waals surface area (Å²) in [5.41, 5.74) is 4.89. The van der Waals surface area contributed by atoms with E-state index in [2.05, 4.69) is 45.9 Å². The number of aliphatic hydroxyl groups is 2. The molecule has 0 aliphatic heterocycles. The summed E-state index contributed by atoms with van der Waals surface area (Å²) >= 11 is 0. The average Bonchev–Trinajstić information content (AvgIpc) is 3.03. The lowest BCUT2D eigenvalue weighted by Crippen LogP contribution is -2.25. The van der Waals surface area contributed by atoms with Gasteiger partial charge in [-0.1, -0.05) is 64.3 Å². The molecule has 0 saturated heterocycles. The Morgan fingerprint density at radius 1 is 0.614 bits per heavy atom. The summed E-state index contributed by atoms with van der Waals surface area (Å²) in [5, 5.41) is 20.8. The molecule has 44 heavy (non-hydrogen) atoms. The van der Waals surface area contributed by atoms with Gasteiger partial charge in [0.15, 0.2) is 17.5 Å². The van der Waals surface area contributed by atoms with E-state index in [1.165, 1.54) is 5.56 Å². The molecule has 234 valence electrons. The first-order valence-electron chi connectivity index (χ1n) is 15.8. The van der Waals surface area contributed by atoms with Crippen molar-refractivity contribution in [3.8, 4) is 45.7 Å². The molecular weight excluding hydrogens is 550 g/mol. The summed E-state index contributed by atoms with van der Waals surface area (Å²) in [5.74, 6) is 3.46. The highest BCUT2D eigenvalue weighted by Crippen LogP contribution is 2.29. The van der Waals surface area contributed by atoms with E-state index in [4.69, 9.17) is 24.4 Å². The van der Waals surface area contributed by atoms with Crippen LogP contribution in [0.25, 0.3) is 34.2 Å². The van der Waals surface area contributed by atoms with Crippen molar-refractivity contribution in [3.63, 3.8) is 0 Å². The number of ether oxygens (including phenoxy) is 2. The van der Waals surface area contributed by atoms with Gasteiger partial charge in [-0.2, -0.15) is 0 Å². The van der Waals surface area contributed by atoms with Crippen LogP contribution in [0.2, 0.25) is 0 Å². The summed E-state index contributed by atoms with van der Waals surface area (Å²) < 4.78 is 11.8. The maximum Gasteiger partial charge on any atom is 0.164 e. The lowest BCUT2D eigenvalue weighted by molar-refractivity contribution is 0.0600. The minimum absolute atomic E-state index is 0.188. The van der Waals surface area contributed by atoms with E-state index >= 15 is 0 Å². The van der Waals surface area contributed by atoms with Crippen LogP contribution in [0.5, 0.6) is 11.5 Å². The average molecular weight is 598 g/mol. The molecule has 7 nitrogen and oxygen atoms in total. The van der Waals surface area contributed by atoms with Crippen LogP contribution in [0, 0.1) is 25.7 Å². The molecule has 0 spiro atoms. The number of nitrogens with zero attached hydrogens (tertiary/aromatic N) is 3. The minimum atomic E-state index is -0.507. The van der Waals surface area contributed by atoms with Crippen molar-refractivity contribution in [1.29, 1.82) is 0 Å². The molecule has 1 heterocycles. The fourth-order valence-corrected chi connectivity index (χ4v) is 5.21. The second-order valence-electron chi connectivity index (χ2n) is 12.0. The highest BCUT2D eigenvalue weighted by Gasteiger charge is 2.17. The van der Waals surface area contributed by atoms with Crippen LogP contribution < -0.4 is 9.47 Å². The van der Waals surface area contributed by atoms with E-state index < -0.39 is 12.2 Å². The highest BCUT2D eigenvalue weighted by molar-refractivity contribution is 5.68. The fraction of sp³-hybridized carbons (Fsp3) is 0.432. The summed E-state index contributed by atoms with van der Waals surface area (Å²) in [4.78, 5) is 14.6. The van der Waals surface area contributed by atoms with E-state index in [1.807, 2.05) is 62.4 Å². The molecule has 2 N–H and O–H groups in total. The van der Waals surface area contributed by atoms with Gasteiger partial charge in [-0.25, -0.2) is 15.0 Å². The molecule has 0 fully saturated rings. The summed E-state index contributed by atoms with van der Waals surface area (Å²) in [6.07, 6.45) is 2.98. The molecule has 0 bridgehead atoms. The number of aromatic nitrogens is 3. The third-order valence-electron chi connectivity index (χ3n) is 8.13. The van der Waals surface area contributed by atoms with Gasteiger partial charge in [0.2, 0.25) is 0 Å². The summed E-state index contributed by atoms with van der Waals surface area (Å²) in [6, 6.07) is 21.5. The van der Waals surface area contributed by atoms with E-state index in [9.17, 15) is 10.2 Å². The van der Waals surface area contributed by atoms with Gasteiger partial charge in [-0.3, -0.25) is 0 Å². The second-order valence-corrected chi connectivity index (χ2v) is 12.0. The van der Waals surface area contributed by atoms with Crippen LogP contribution >= 0.6 is 0 Å². The number of aryl methyl sites for hydroxylation is 2. The van der Waals surface area contributed by atoms with E-state index in [0.717, 1.165) is 47.9 Å². The SMILES string of the molecule is CCCC(C)C(O)COc1ccc(-c2nc(-c3ccc(OCC(O)C(C)CCC)cc3)nc(-c3ccc(C)cc3C)n2)cc1. The minimum Gasteiger partial charge on any atom is -0.491 e. The van der Waals surface area contributed by atoms with Gasteiger partial charge in [0, 0.05) is 16.7 Å². The quantitative estimate of drug-likeness (QED) is 0.144. The van der Waals surface area contributed by atoms with Gasteiger partial charge in [-0.15, -0.1) is 0 Å². The van der Waals surface area contributed by atoms with Crippen LogP contribution in [-0.4, -0.2) is 50.6 Å². The molecule has 3 aromatic carbocycles. The zero-order chi connectivity index (χ0) is 31.6. The Hall–Kier alpha value is -3.81. The largest absolute Gasteiger partial charge is 0.491 e. The van der Waals surface area contributed by atoms with Crippen molar-refractivity contribution >= 4 is 0 Å². The lowest BCUT2D eigenvalue weighted by Gasteiger charge is -2.18. The maximum atomic E-state index is 10.4. The Balaban J connectivity index is 1.59. The fourth-order valence-electron chi connectivity index (χ4n) is 5.21. The van der Waals surface area contributed by atoms with Gasteiger partial charge in [0.05, 0.1) is 12.2 Å². The number of rotatable bonds is 15. The zero-order valence-corrected chi connectivity index (χ0v) is 27.0. The molecule has 4 rings (SSSR count). The third-order valence-corrected chi connectivity index (χ3v) is 8.13. The molecule has 4 unspecified atom stereocenters. The monoisotopic (exact) mass is 597 g/mol. The third kappa shape index (κ3) is 8.87. The molecule has 0 amide bonds. The highest BCUT2D eigenvalue weighted by atomic mass is 16.5. The number of aliphatic hydroxyl groups excluding tert-OH is 2. The van der Waals surface area contributed by atoms with Gasteiger partial charge < -0.3 is 19.7 Å². The molecule has 4 atom stereocenters. The second kappa shape index (κ2) is 15.8. The molecule has 0 aliphatic carbocycles. The number of benzene rings is 3. The maximum absolute atomic E-state index is 10.4. The van der Waals surface area contributed by atoms with Crippen molar-refractivity contribution in [2.75, 3.05) is 13.2 Å². The van der Waals surface area contributed by atoms with Gasteiger partial charge >= 0.3 is 0 Å². The van der Waals surface area contributed by atoms with E-state index in [0.29, 0.717) is 29.0 Å². The van der Waals surface area contributed by atoms with Crippen molar-refractivity contribution in [3.05, 3.63) is 77.9 Å². The van der Waals surface area contributed by atoms with Crippen molar-refractivity contribution in [1.82, 2.24) is 15.0 Å². The molecule has 7 heteroatoms. The Labute approximate surface area is 262 Å². The first-order chi connectivity index (χ1) is 21.2. The van der Waals surface area contributed by atoms with E-state index in [1.54, 1.807) is 0 Å². The van der Waals surface area contributed by atoms with Crippen LogP contribution in [0.1, 0.15) is 64.5 Å². The van der Waals surface area contributed by atoms with E-state index in [-0.39, 0.29) is 25.0 Å². The predicted molar refractivity (Wildman–Crippen MR) is 177 cm³/mol. The Kier molecular flexibility index (Phi) is 11.9. The predicted octanol–water partition coefficient (Wildman–Crippen LogP) is 7.84. The van der Waals surface area contributed by atoms with Gasteiger partial charge in [0.25, 0.3) is 0 Å². The Morgan fingerprint density at radius 3 is 1.45 bits per heavy atom. The normalized spacial score (nSPS) is 14.1. The topological polar surface area (TPSA) is 97.6 Å². The number of hydrogen-bond acceptors (Lipinski definition) is 7. The zero-order valence-electron chi connectivity index (χ0n) is 27.0. The molecule has 0 aliphatic rings. The molecule has 0 radical (unpaired) electrons. The van der Waals surface area contributed by atoms with Crippen LogP contribution in [0.4, 0.5) is 0 Å². The standard InChI is InChI=1S/C37H47N3O4/c1-7-9-25(4)33(41)22-43-30-16-12-28(13-17-30)35-38-36(40-37(39-35)32-20-11-24(3)21-27(32)6)29-14-18-31(19-15-29)44-23-34(42)26(5)10-8-2/h11-21,25-26,33-34,41-42H,7-10,22-23H2,1-6H3. The van der Waals surface area contributed by atoms with Crippen molar-refractivity contribution < 1.29 is 19.7 Å². The Bertz CT molecular complexity index is 1390. The molecule has 4 aromatic rings.